The van der Waals surface area contributed by atoms with E-state index in [4.69, 9.17) is 5.73 Å². The van der Waals surface area contributed by atoms with Gasteiger partial charge < -0.3 is 5.73 Å². The van der Waals surface area contributed by atoms with Crippen LogP contribution in [0.4, 0.5) is 0 Å². The highest BCUT2D eigenvalue weighted by Crippen LogP contribution is 2.19. The maximum Gasteiger partial charge on any atom is 0.308 e. The average Bonchev–Trinajstić information content (AvgIpc) is 2.52. The SMILES string of the molecule is CC(C(N)=O)n1c(=O)sc2ccccc21. The van der Waals surface area contributed by atoms with Crippen molar-refractivity contribution in [2.45, 2.75) is 13.0 Å². The van der Waals surface area contributed by atoms with Gasteiger partial charge in [0.15, 0.2) is 0 Å². The van der Waals surface area contributed by atoms with Crippen LogP contribution in [0.2, 0.25) is 0 Å². The number of rotatable bonds is 2. The number of carbonyl (C=O) groups excluding carboxylic acids is 1. The van der Waals surface area contributed by atoms with Gasteiger partial charge in [-0.2, -0.15) is 0 Å². The fourth-order valence-electron chi connectivity index (χ4n) is 1.48. The van der Waals surface area contributed by atoms with Crippen LogP contribution < -0.4 is 10.6 Å². The molecule has 1 unspecified atom stereocenters. The van der Waals surface area contributed by atoms with E-state index in [-0.39, 0.29) is 4.87 Å². The van der Waals surface area contributed by atoms with E-state index >= 15 is 0 Å². The largest absolute Gasteiger partial charge is 0.368 e. The second-order valence-corrected chi connectivity index (χ2v) is 4.28. The summed E-state index contributed by atoms with van der Waals surface area (Å²) >= 11 is 1.12. The summed E-state index contributed by atoms with van der Waals surface area (Å²) in [7, 11) is 0. The molecule has 1 heterocycles. The molecule has 0 aliphatic carbocycles. The van der Waals surface area contributed by atoms with E-state index in [0.717, 1.165) is 21.6 Å². The minimum atomic E-state index is -0.603. The lowest BCUT2D eigenvalue weighted by Gasteiger charge is -2.08. The molecule has 15 heavy (non-hydrogen) atoms. The first-order chi connectivity index (χ1) is 7.11. The number of fused-ring (bicyclic) bond motifs is 1. The average molecular weight is 222 g/mol. The number of nitrogens with two attached hydrogens (primary N) is 1. The van der Waals surface area contributed by atoms with Crippen molar-refractivity contribution in [2.75, 3.05) is 0 Å². The van der Waals surface area contributed by atoms with Crippen molar-refractivity contribution in [3.63, 3.8) is 0 Å². The third kappa shape index (κ3) is 1.55. The molecule has 0 radical (unpaired) electrons. The summed E-state index contributed by atoms with van der Waals surface area (Å²) in [6.07, 6.45) is 0. The molecule has 1 atom stereocenters. The van der Waals surface area contributed by atoms with Crippen LogP contribution in [-0.4, -0.2) is 10.5 Å². The summed E-state index contributed by atoms with van der Waals surface area (Å²) in [5.41, 5.74) is 5.96. The van der Waals surface area contributed by atoms with Crippen molar-refractivity contribution >= 4 is 27.5 Å². The molecular weight excluding hydrogens is 212 g/mol. The van der Waals surface area contributed by atoms with Crippen LogP contribution >= 0.6 is 11.3 Å². The number of thiazole rings is 1. The van der Waals surface area contributed by atoms with Crippen molar-refractivity contribution in [1.29, 1.82) is 0 Å². The maximum atomic E-state index is 11.7. The Labute approximate surface area is 89.9 Å². The van der Waals surface area contributed by atoms with Crippen LogP contribution in [-0.2, 0) is 4.79 Å². The second kappa shape index (κ2) is 3.51. The molecule has 2 rings (SSSR count). The Bertz CT molecular complexity index is 570. The number of amides is 1. The van der Waals surface area contributed by atoms with E-state index in [1.54, 1.807) is 6.92 Å². The molecule has 0 fully saturated rings. The molecule has 1 amide bonds. The molecule has 5 heteroatoms. The monoisotopic (exact) mass is 222 g/mol. The first-order valence-electron chi connectivity index (χ1n) is 4.50. The Morgan fingerprint density at radius 1 is 1.47 bits per heavy atom. The van der Waals surface area contributed by atoms with E-state index in [0.29, 0.717) is 0 Å². The molecule has 2 aromatic rings. The van der Waals surface area contributed by atoms with Gasteiger partial charge in [-0.05, 0) is 19.1 Å². The van der Waals surface area contributed by atoms with Crippen LogP contribution in [0.5, 0.6) is 0 Å². The number of carbonyl (C=O) groups is 1. The number of para-hydroxylation sites is 1. The smallest absolute Gasteiger partial charge is 0.308 e. The van der Waals surface area contributed by atoms with Gasteiger partial charge in [-0.1, -0.05) is 23.5 Å². The topological polar surface area (TPSA) is 65.1 Å². The minimum Gasteiger partial charge on any atom is -0.368 e. The lowest BCUT2D eigenvalue weighted by Crippen LogP contribution is -2.29. The fourth-order valence-corrected chi connectivity index (χ4v) is 2.44. The van der Waals surface area contributed by atoms with Gasteiger partial charge >= 0.3 is 4.87 Å². The highest BCUT2D eigenvalue weighted by Gasteiger charge is 2.16. The number of primary amides is 1. The number of benzene rings is 1. The van der Waals surface area contributed by atoms with Crippen molar-refractivity contribution in [3.8, 4) is 0 Å². The molecule has 0 saturated carbocycles. The Kier molecular flexibility index (Phi) is 2.32. The minimum absolute atomic E-state index is 0.150. The number of hydrogen-bond acceptors (Lipinski definition) is 3. The van der Waals surface area contributed by atoms with Crippen LogP contribution in [0.1, 0.15) is 13.0 Å². The van der Waals surface area contributed by atoms with Gasteiger partial charge in [0.25, 0.3) is 0 Å². The quantitative estimate of drug-likeness (QED) is 0.827. The summed E-state index contributed by atoms with van der Waals surface area (Å²) in [4.78, 5) is 22.6. The molecule has 0 spiro atoms. The summed E-state index contributed by atoms with van der Waals surface area (Å²) in [6.45, 7) is 1.63. The zero-order chi connectivity index (χ0) is 11.0. The molecule has 0 bridgehead atoms. The second-order valence-electron chi connectivity index (χ2n) is 3.28. The van der Waals surface area contributed by atoms with Crippen molar-refractivity contribution in [1.82, 2.24) is 4.57 Å². The summed E-state index contributed by atoms with van der Waals surface area (Å²) < 4.78 is 2.30. The molecule has 0 aliphatic heterocycles. The first kappa shape index (κ1) is 9.92. The van der Waals surface area contributed by atoms with Crippen molar-refractivity contribution < 1.29 is 4.79 Å². The molecule has 0 saturated heterocycles. The third-order valence-electron chi connectivity index (χ3n) is 2.32. The standard InChI is InChI=1S/C10H10N2O2S/c1-6(9(11)13)12-7-4-2-3-5-8(7)15-10(12)14/h2-6H,1H3,(H2,11,13). The van der Waals surface area contributed by atoms with E-state index < -0.39 is 11.9 Å². The fraction of sp³-hybridized carbons (Fsp3) is 0.200. The van der Waals surface area contributed by atoms with Crippen LogP contribution in [0.3, 0.4) is 0 Å². The molecule has 0 aliphatic rings. The predicted octanol–water partition coefficient (Wildman–Crippen LogP) is 1.11. The van der Waals surface area contributed by atoms with E-state index in [1.165, 1.54) is 4.57 Å². The zero-order valence-electron chi connectivity index (χ0n) is 8.14. The van der Waals surface area contributed by atoms with Gasteiger partial charge in [-0.25, -0.2) is 0 Å². The highest BCUT2D eigenvalue weighted by atomic mass is 32.1. The number of aromatic nitrogens is 1. The van der Waals surface area contributed by atoms with E-state index in [2.05, 4.69) is 0 Å². The molecular formula is C10H10N2O2S. The van der Waals surface area contributed by atoms with Crippen molar-refractivity contribution in [2.24, 2.45) is 5.73 Å². The summed E-state index contributed by atoms with van der Waals surface area (Å²) in [6, 6.07) is 6.75. The Morgan fingerprint density at radius 3 is 2.80 bits per heavy atom. The van der Waals surface area contributed by atoms with Crippen molar-refractivity contribution in [3.05, 3.63) is 33.9 Å². The van der Waals surface area contributed by atoms with Gasteiger partial charge in [0.05, 0.1) is 10.2 Å². The Balaban J connectivity index is 2.74. The molecule has 2 N–H and O–H groups in total. The summed E-state index contributed by atoms with van der Waals surface area (Å²) in [5.74, 6) is -0.499. The first-order valence-corrected chi connectivity index (χ1v) is 5.32. The van der Waals surface area contributed by atoms with Gasteiger partial charge in [-0.15, -0.1) is 0 Å². The molecule has 1 aromatic carbocycles. The summed E-state index contributed by atoms with van der Waals surface area (Å²) in [5, 5.41) is 0. The predicted molar refractivity (Wildman–Crippen MR) is 60.0 cm³/mol. The van der Waals surface area contributed by atoms with Crippen LogP contribution in [0, 0.1) is 0 Å². The van der Waals surface area contributed by atoms with Gasteiger partial charge in [0, 0.05) is 0 Å². The van der Waals surface area contributed by atoms with E-state index in [9.17, 15) is 9.59 Å². The van der Waals surface area contributed by atoms with Gasteiger partial charge in [0.2, 0.25) is 5.91 Å². The number of nitrogens with zero attached hydrogens (tertiary/aromatic N) is 1. The number of hydrogen-bond donors (Lipinski definition) is 1. The zero-order valence-corrected chi connectivity index (χ0v) is 8.95. The Hall–Kier alpha value is -1.62. The highest BCUT2D eigenvalue weighted by molar-refractivity contribution is 7.16. The van der Waals surface area contributed by atoms with Crippen LogP contribution in [0.15, 0.2) is 29.1 Å². The van der Waals surface area contributed by atoms with E-state index in [1.807, 2.05) is 24.3 Å². The molecule has 1 aromatic heterocycles. The van der Waals surface area contributed by atoms with Gasteiger partial charge in [0.1, 0.15) is 6.04 Å². The van der Waals surface area contributed by atoms with Crippen LogP contribution in [0.25, 0.3) is 10.2 Å². The molecule has 78 valence electrons. The lowest BCUT2D eigenvalue weighted by atomic mass is 10.3. The Morgan fingerprint density at radius 2 is 2.13 bits per heavy atom. The lowest BCUT2D eigenvalue weighted by molar-refractivity contribution is -0.120. The van der Waals surface area contributed by atoms with Gasteiger partial charge in [-0.3, -0.25) is 14.2 Å². The third-order valence-corrected chi connectivity index (χ3v) is 3.25. The molecule has 4 nitrogen and oxygen atoms in total. The normalized spacial score (nSPS) is 12.9. The maximum absolute atomic E-state index is 11.7.